The molecule has 0 aliphatic carbocycles. The van der Waals surface area contributed by atoms with Gasteiger partial charge in [-0.2, -0.15) is 5.10 Å². The molecule has 0 bridgehead atoms. The van der Waals surface area contributed by atoms with Crippen molar-refractivity contribution in [1.29, 1.82) is 0 Å². The minimum atomic E-state index is -1.21. The van der Waals surface area contributed by atoms with Crippen molar-refractivity contribution in [3.63, 3.8) is 0 Å². The van der Waals surface area contributed by atoms with Gasteiger partial charge in [0.15, 0.2) is 4.75 Å². The largest absolute Gasteiger partial charge is 0.322 e. The van der Waals surface area contributed by atoms with Gasteiger partial charge in [-0.05, 0) is 26.0 Å². The van der Waals surface area contributed by atoms with Crippen molar-refractivity contribution in [2.75, 3.05) is 16.8 Å². The summed E-state index contributed by atoms with van der Waals surface area (Å²) in [5.41, 5.74) is 1.44. The molecule has 6 nitrogen and oxygen atoms in total. The molecule has 0 fully saturated rings. The van der Waals surface area contributed by atoms with Crippen molar-refractivity contribution in [3.8, 4) is 0 Å². The van der Waals surface area contributed by atoms with E-state index in [0.29, 0.717) is 12.2 Å². The van der Waals surface area contributed by atoms with E-state index in [9.17, 15) is 9.59 Å². The number of aryl methyl sites for hydroxylation is 1. The fourth-order valence-corrected chi connectivity index (χ4v) is 3.80. The van der Waals surface area contributed by atoms with E-state index in [1.165, 1.54) is 11.8 Å². The predicted octanol–water partition coefficient (Wildman–Crippen LogP) is 2.28. The molecular formula is C16H18N4O2S. The second-order valence-electron chi connectivity index (χ2n) is 5.51. The number of thioether (sulfide) groups is 1. The van der Waals surface area contributed by atoms with Crippen molar-refractivity contribution < 1.29 is 9.59 Å². The Morgan fingerprint density at radius 1 is 1.39 bits per heavy atom. The molecule has 1 atom stereocenters. The number of carbonyl (C=O) groups excluding carboxylic acids is 2. The summed E-state index contributed by atoms with van der Waals surface area (Å²) in [6.45, 7) is 4.10. The summed E-state index contributed by atoms with van der Waals surface area (Å²) in [7, 11) is 1.77. The van der Waals surface area contributed by atoms with Gasteiger partial charge in [0.1, 0.15) is 0 Å². The normalized spacial score (nSPS) is 20.3. The van der Waals surface area contributed by atoms with E-state index < -0.39 is 4.75 Å². The minimum Gasteiger partial charge on any atom is -0.322 e. The van der Waals surface area contributed by atoms with E-state index in [2.05, 4.69) is 10.4 Å². The predicted molar refractivity (Wildman–Crippen MR) is 90.6 cm³/mol. The van der Waals surface area contributed by atoms with Gasteiger partial charge in [0.05, 0.1) is 17.6 Å². The molecule has 1 unspecified atom stereocenters. The summed E-state index contributed by atoms with van der Waals surface area (Å²) < 4.78 is 0.391. The Kier molecular flexibility index (Phi) is 3.89. The molecule has 3 rings (SSSR count). The van der Waals surface area contributed by atoms with Crippen molar-refractivity contribution in [2.24, 2.45) is 7.05 Å². The Morgan fingerprint density at radius 2 is 2.13 bits per heavy atom. The zero-order chi connectivity index (χ0) is 16.6. The zero-order valence-corrected chi connectivity index (χ0v) is 14.1. The van der Waals surface area contributed by atoms with Gasteiger partial charge >= 0.3 is 0 Å². The lowest BCUT2D eigenvalue weighted by molar-refractivity contribution is -0.128. The van der Waals surface area contributed by atoms with Gasteiger partial charge in [-0.25, -0.2) is 0 Å². The molecule has 2 aromatic rings. The lowest BCUT2D eigenvalue weighted by Gasteiger charge is -2.38. The van der Waals surface area contributed by atoms with Gasteiger partial charge in [0.2, 0.25) is 5.91 Å². The second kappa shape index (κ2) is 5.73. The Bertz CT molecular complexity index is 773. The Hall–Kier alpha value is -2.28. The van der Waals surface area contributed by atoms with Crippen LogP contribution in [0.15, 0.2) is 41.6 Å². The quantitative estimate of drug-likeness (QED) is 0.877. The second-order valence-corrected chi connectivity index (χ2v) is 6.97. The fourth-order valence-electron chi connectivity index (χ4n) is 2.59. The number of rotatable bonds is 3. The molecule has 0 spiro atoms. The van der Waals surface area contributed by atoms with Crippen molar-refractivity contribution in [1.82, 2.24) is 9.78 Å². The maximum Gasteiger partial charge on any atom is 0.252 e. The third-order valence-electron chi connectivity index (χ3n) is 3.84. The highest BCUT2D eigenvalue weighted by atomic mass is 32.2. The van der Waals surface area contributed by atoms with Crippen LogP contribution < -0.4 is 10.2 Å². The molecule has 2 amide bonds. The van der Waals surface area contributed by atoms with Crippen LogP contribution >= 0.6 is 11.8 Å². The molecule has 1 aromatic heterocycles. The summed E-state index contributed by atoms with van der Waals surface area (Å²) in [5, 5.41) is 6.81. The third kappa shape index (κ3) is 2.61. The Morgan fingerprint density at radius 3 is 2.78 bits per heavy atom. The van der Waals surface area contributed by atoms with Gasteiger partial charge in [0.25, 0.3) is 5.91 Å². The first-order valence-electron chi connectivity index (χ1n) is 7.36. The molecule has 1 aliphatic heterocycles. The lowest BCUT2D eigenvalue weighted by atomic mass is 10.1. The van der Waals surface area contributed by atoms with E-state index >= 15 is 0 Å². The number of aromatic nitrogens is 2. The van der Waals surface area contributed by atoms with E-state index in [-0.39, 0.29) is 11.8 Å². The van der Waals surface area contributed by atoms with Crippen LogP contribution in [0.1, 0.15) is 13.8 Å². The number of carbonyl (C=O) groups is 2. The number of hydrogen-bond acceptors (Lipinski definition) is 4. The summed E-state index contributed by atoms with van der Waals surface area (Å²) in [5.74, 6) is -0.543. The fraction of sp³-hybridized carbons (Fsp3) is 0.312. The van der Waals surface area contributed by atoms with E-state index in [1.54, 1.807) is 35.9 Å². The third-order valence-corrected chi connectivity index (χ3v) is 5.17. The van der Waals surface area contributed by atoms with Gasteiger partial charge in [-0.3, -0.25) is 14.3 Å². The highest BCUT2D eigenvalue weighted by molar-refractivity contribution is 8.02. The molecule has 1 aliphatic rings. The van der Waals surface area contributed by atoms with Crippen LogP contribution in [-0.4, -0.2) is 32.9 Å². The van der Waals surface area contributed by atoms with Crippen LogP contribution in [0.3, 0.4) is 0 Å². The first-order chi connectivity index (χ1) is 11.0. The highest BCUT2D eigenvalue weighted by Crippen LogP contribution is 2.45. The van der Waals surface area contributed by atoms with E-state index in [4.69, 9.17) is 0 Å². The van der Waals surface area contributed by atoms with Crippen molar-refractivity contribution in [2.45, 2.75) is 23.5 Å². The van der Waals surface area contributed by atoms with Crippen LogP contribution in [0, 0.1) is 0 Å². The average Bonchev–Trinajstić information content (AvgIpc) is 2.93. The number of amides is 2. The number of nitrogens with one attached hydrogen (secondary N) is 1. The van der Waals surface area contributed by atoms with Gasteiger partial charge in [0, 0.05) is 24.7 Å². The standard InChI is InChI=1S/C16H18N4O2S/c1-4-20-12-7-5-6-8-13(12)23-16(2,15(20)22)14(21)18-11-9-17-19(3)10-11/h5-10H,4H2,1-3H3,(H,18,21). The number of para-hydroxylation sites is 1. The molecular weight excluding hydrogens is 312 g/mol. The zero-order valence-electron chi connectivity index (χ0n) is 13.2. The van der Waals surface area contributed by atoms with Gasteiger partial charge < -0.3 is 10.2 Å². The van der Waals surface area contributed by atoms with Crippen LogP contribution in [0.2, 0.25) is 0 Å². The van der Waals surface area contributed by atoms with Crippen LogP contribution in [-0.2, 0) is 16.6 Å². The maximum absolute atomic E-state index is 12.9. The molecule has 1 N–H and O–H groups in total. The number of nitrogens with zero attached hydrogens (tertiary/aromatic N) is 3. The highest BCUT2D eigenvalue weighted by Gasteiger charge is 2.48. The molecule has 7 heteroatoms. The molecule has 2 heterocycles. The molecule has 23 heavy (non-hydrogen) atoms. The van der Waals surface area contributed by atoms with E-state index in [0.717, 1.165) is 10.6 Å². The number of fused-ring (bicyclic) bond motifs is 1. The lowest BCUT2D eigenvalue weighted by Crippen LogP contribution is -2.54. The first kappa shape index (κ1) is 15.6. The first-order valence-corrected chi connectivity index (χ1v) is 8.17. The SMILES string of the molecule is CCN1C(=O)C(C)(C(=O)Nc2cnn(C)c2)Sc2ccccc21. The Balaban J connectivity index is 1.94. The number of hydrogen-bond donors (Lipinski definition) is 1. The summed E-state index contributed by atoms with van der Waals surface area (Å²) in [6, 6.07) is 7.65. The number of benzene rings is 1. The Labute approximate surface area is 138 Å². The maximum atomic E-state index is 12.9. The van der Waals surface area contributed by atoms with Crippen molar-refractivity contribution >= 4 is 35.0 Å². The van der Waals surface area contributed by atoms with Gasteiger partial charge in [-0.15, -0.1) is 0 Å². The van der Waals surface area contributed by atoms with Crippen LogP contribution in [0.4, 0.5) is 11.4 Å². The number of anilines is 2. The summed E-state index contributed by atoms with van der Waals surface area (Å²) in [4.78, 5) is 28.3. The smallest absolute Gasteiger partial charge is 0.252 e. The van der Waals surface area contributed by atoms with Crippen molar-refractivity contribution in [3.05, 3.63) is 36.7 Å². The molecule has 0 saturated carbocycles. The topological polar surface area (TPSA) is 67.2 Å². The molecule has 0 saturated heterocycles. The van der Waals surface area contributed by atoms with Crippen LogP contribution in [0.25, 0.3) is 0 Å². The molecule has 0 radical (unpaired) electrons. The minimum absolute atomic E-state index is 0.204. The summed E-state index contributed by atoms with van der Waals surface area (Å²) in [6.07, 6.45) is 3.26. The van der Waals surface area contributed by atoms with E-state index in [1.807, 2.05) is 31.2 Å². The molecule has 1 aromatic carbocycles. The van der Waals surface area contributed by atoms with Crippen LogP contribution in [0.5, 0.6) is 0 Å². The average molecular weight is 330 g/mol. The summed E-state index contributed by atoms with van der Waals surface area (Å²) >= 11 is 1.29. The molecule has 120 valence electrons. The van der Waals surface area contributed by atoms with Gasteiger partial charge in [-0.1, -0.05) is 23.9 Å². The monoisotopic (exact) mass is 330 g/mol.